The zero-order chi connectivity index (χ0) is 15.8. The quantitative estimate of drug-likeness (QED) is 0.786. The maximum atomic E-state index is 9.19. The molecule has 4 heterocycles. The Balaban J connectivity index is 1.49. The van der Waals surface area contributed by atoms with Gasteiger partial charge in [-0.3, -0.25) is 4.90 Å². The van der Waals surface area contributed by atoms with E-state index in [0.29, 0.717) is 28.8 Å². The summed E-state index contributed by atoms with van der Waals surface area (Å²) in [5.74, 6) is 1.25. The summed E-state index contributed by atoms with van der Waals surface area (Å²) in [6, 6.07) is 6.16. The van der Waals surface area contributed by atoms with E-state index in [4.69, 9.17) is 10.3 Å². The SMILES string of the molecule is N#Cc1c(N)sc2c1CCN(Cc1nc(-c3cccs3)no1)C2. The van der Waals surface area contributed by atoms with E-state index in [1.54, 1.807) is 11.3 Å². The second-order valence-corrected chi connectivity index (χ2v) is 7.39. The van der Waals surface area contributed by atoms with Crippen LogP contribution in [0.3, 0.4) is 0 Å². The molecule has 0 atom stereocenters. The van der Waals surface area contributed by atoms with Crippen LogP contribution < -0.4 is 5.73 Å². The molecule has 0 spiro atoms. The minimum Gasteiger partial charge on any atom is -0.389 e. The van der Waals surface area contributed by atoms with Gasteiger partial charge in [0.25, 0.3) is 0 Å². The van der Waals surface area contributed by atoms with Gasteiger partial charge in [-0.1, -0.05) is 11.2 Å². The Morgan fingerprint density at radius 1 is 1.48 bits per heavy atom. The topological polar surface area (TPSA) is 92.0 Å². The minimum atomic E-state index is 0.609. The van der Waals surface area contributed by atoms with Crippen molar-refractivity contribution in [2.45, 2.75) is 19.5 Å². The normalized spacial score (nSPS) is 14.6. The van der Waals surface area contributed by atoms with Gasteiger partial charge >= 0.3 is 0 Å². The Morgan fingerprint density at radius 2 is 2.39 bits per heavy atom. The number of hydrogen-bond acceptors (Lipinski definition) is 8. The van der Waals surface area contributed by atoms with E-state index in [9.17, 15) is 5.26 Å². The molecule has 0 fully saturated rings. The summed E-state index contributed by atoms with van der Waals surface area (Å²) in [5, 5.41) is 15.8. The number of nitrogen functional groups attached to an aromatic ring is 1. The molecular weight excluding hydrogens is 330 g/mol. The Labute approximate surface area is 140 Å². The van der Waals surface area contributed by atoms with Gasteiger partial charge in [0.15, 0.2) is 0 Å². The van der Waals surface area contributed by atoms with Gasteiger partial charge in [0.05, 0.1) is 17.0 Å². The summed E-state index contributed by atoms with van der Waals surface area (Å²) in [7, 11) is 0. The molecule has 1 aliphatic heterocycles. The van der Waals surface area contributed by atoms with Crippen molar-refractivity contribution < 1.29 is 4.52 Å². The van der Waals surface area contributed by atoms with Gasteiger partial charge in [0.2, 0.25) is 11.7 Å². The molecule has 2 N–H and O–H groups in total. The van der Waals surface area contributed by atoms with Crippen molar-refractivity contribution in [2.75, 3.05) is 12.3 Å². The Bertz CT molecular complexity index is 874. The average molecular weight is 343 g/mol. The van der Waals surface area contributed by atoms with Gasteiger partial charge in [-0.25, -0.2) is 0 Å². The molecular formula is C15H13N5OS2. The number of fused-ring (bicyclic) bond motifs is 1. The van der Waals surface area contributed by atoms with E-state index in [0.717, 1.165) is 30.0 Å². The van der Waals surface area contributed by atoms with Crippen LogP contribution in [0.2, 0.25) is 0 Å². The summed E-state index contributed by atoms with van der Waals surface area (Å²) in [4.78, 5) is 8.88. The molecule has 6 nitrogen and oxygen atoms in total. The molecule has 23 heavy (non-hydrogen) atoms. The number of aromatic nitrogens is 2. The van der Waals surface area contributed by atoms with Crippen LogP contribution in [0, 0.1) is 11.3 Å². The Hall–Kier alpha value is -2.21. The number of nitrogens with two attached hydrogens (primary N) is 1. The first-order valence-corrected chi connectivity index (χ1v) is 8.83. The fourth-order valence-electron chi connectivity index (χ4n) is 2.75. The zero-order valence-corrected chi connectivity index (χ0v) is 13.8. The molecule has 8 heteroatoms. The Kier molecular flexibility index (Phi) is 3.61. The van der Waals surface area contributed by atoms with Crippen LogP contribution in [0.1, 0.15) is 21.9 Å². The van der Waals surface area contributed by atoms with Crippen LogP contribution in [-0.2, 0) is 19.5 Å². The fourth-order valence-corrected chi connectivity index (χ4v) is 4.51. The third-order valence-corrected chi connectivity index (χ3v) is 5.76. The fraction of sp³-hybridized carbons (Fsp3) is 0.267. The van der Waals surface area contributed by atoms with Crippen LogP contribution in [0.15, 0.2) is 22.0 Å². The highest BCUT2D eigenvalue weighted by atomic mass is 32.1. The van der Waals surface area contributed by atoms with Gasteiger partial charge in [0, 0.05) is 18.0 Å². The lowest BCUT2D eigenvalue weighted by Gasteiger charge is -2.25. The molecule has 0 radical (unpaired) electrons. The smallest absolute Gasteiger partial charge is 0.241 e. The first-order valence-electron chi connectivity index (χ1n) is 7.13. The number of thiophene rings is 2. The van der Waals surface area contributed by atoms with E-state index in [-0.39, 0.29) is 0 Å². The lowest BCUT2D eigenvalue weighted by Crippen LogP contribution is -2.29. The molecule has 0 saturated heterocycles. The van der Waals surface area contributed by atoms with Crippen molar-refractivity contribution in [1.82, 2.24) is 15.0 Å². The molecule has 0 unspecified atom stereocenters. The van der Waals surface area contributed by atoms with E-state index in [1.165, 1.54) is 16.2 Å². The third kappa shape index (κ3) is 2.63. The molecule has 0 amide bonds. The lowest BCUT2D eigenvalue weighted by atomic mass is 10.0. The van der Waals surface area contributed by atoms with Crippen molar-refractivity contribution in [3.05, 3.63) is 39.4 Å². The molecule has 4 rings (SSSR count). The molecule has 0 saturated carbocycles. The molecule has 116 valence electrons. The van der Waals surface area contributed by atoms with Crippen molar-refractivity contribution in [3.8, 4) is 16.8 Å². The summed E-state index contributed by atoms with van der Waals surface area (Å²) in [6.45, 7) is 2.23. The molecule has 3 aromatic rings. The van der Waals surface area contributed by atoms with Gasteiger partial charge in [-0.2, -0.15) is 10.2 Å². The molecule has 0 bridgehead atoms. The number of rotatable bonds is 3. The number of hydrogen-bond donors (Lipinski definition) is 1. The van der Waals surface area contributed by atoms with Crippen molar-refractivity contribution in [3.63, 3.8) is 0 Å². The molecule has 3 aromatic heterocycles. The highest BCUT2D eigenvalue weighted by Crippen LogP contribution is 2.34. The standard InChI is InChI=1S/C15H13N5OS2/c16-6-10-9-3-4-20(7-12(9)23-14(10)17)8-13-18-15(19-21-13)11-2-1-5-22-11/h1-2,5H,3-4,7-8,17H2. The van der Waals surface area contributed by atoms with E-state index in [2.05, 4.69) is 21.1 Å². The van der Waals surface area contributed by atoms with Crippen LogP contribution in [0.5, 0.6) is 0 Å². The highest BCUT2D eigenvalue weighted by Gasteiger charge is 2.24. The zero-order valence-electron chi connectivity index (χ0n) is 12.2. The molecule has 0 aliphatic carbocycles. The molecule has 1 aliphatic rings. The third-order valence-electron chi connectivity index (χ3n) is 3.84. The van der Waals surface area contributed by atoms with Crippen molar-refractivity contribution >= 4 is 27.7 Å². The van der Waals surface area contributed by atoms with E-state index >= 15 is 0 Å². The Morgan fingerprint density at radius 3 is 3.17 bits per heavy atom. The van der Waals surface area contributed by atoms with Crippen molar-refractivity contribution in [1.29, 1.82) is 5.26 Å². The van der Waals surface area contributed by atoms with E-state index in [1.807, 2.05) is 17.5 Å². The van der Waals surface area contributed by atoms with Gasteiger partial charge in [-0.05, 0) is 23.4 Å². The summed E-state index contributed by atoms with van der Waals surface area (Å²) >= 11 is 3.10. The predicted octanol–water partition coefficient (Wildman–Crippen LogP) is 2.87. The summed E-state index contributed by atoms with van der Waals surface area (Å²) in [6.07, 6.45) is 0.831. The summed E-state index contributed by atoms with van der Waals surface area (Å²) in [5.41, 5.74) is 7.69. The largest absolute Gasteiger partial charge is 0.389 e. The average Bonchev–Trinajstić information content (AvgIpc) is 3.25. The van der Waals surface area contributed by atoms with Crippen molar-refractivity contribution in [2.24, 2.45) is 0 Å². The lowest BCUT2D eigenvalue weighted by molar-refractivity contribution is 0.213. The maximum Gasteiger partial charge on any atom is 0.241 e. The van der Waals surface area contributed by atoms with Crippen LogP contribution in [-0.4, -0.2) is 21.6 Å². The minimum absolute atomic E-state index is 0.609. The first-order chi connectivity index (χ1) is 11.2. The van der Waals surface area contributed by atoms with Gasteiger partial charge in [-0.15, -0.1) is 22.7 Å². The van der Waals surface area contributed by atoms with Crippen LogP contribution in [0.25, 0.3) is 10.7 Å². The number of anilines is 1. The maximum absolute atomic E-state index is 9.19. The monoisotopic (exact) mass is 343 g/mol. The van der Waals surface area contributed by atoms with Gasteiger partial charge in [0.1, 0.15) is 11.1 Å². The first kappa shape index (κ1) is 14.4. The predicted molar refractivity (Wildman–Crippen MR) is 88.9 cm³/mol. The molecule has 0 aromatic carbocycles. The van der Waals surface area contributed by atoms with E-state index < -0.39 is 0 Å². The summed E-state index contributed by atoms with van der Waals surface area (Å²) < 4.78 is 5.36. The number of nitriles is 1. The second-order valence-electron chi connectivity index (χ2n) is 5.30. The van der Waals surface area contributed by atoms with Gasteiger partial charge < -0.3 is 10.3 Å². The second kappa shape index (κ2) is 5.77. The highest BCUT2D eigenvalue weighted by molar-refractivity contribution is 7.16. The van der Waals surface area contributed by atoms with Crippen LogP contribution >= 0.6 is 22.7 Å². The van der Waals surface area contributed by atoms with Crippen LogP contribution in [0.4, 0.5) is 5.00 Å². The number of nitrogens with zero attached hydrogens (tertiary/aromatic N) is 4.